The molecular formula is C24H38N7O19P3S. The number of carboxylic acids is 1. The van der Waals surface area contributed by atoms with E-state index in [0.29, 0.717) is 0 Å². The Bertz CT molecular complexity index is 1830. The van der Waals surface area contributed by atoms with Crippen LogP contribution in [-0.2, 0) is 55.5 Å². The van der Waals surface area contributed by atoms with E-state index in [1.54, 1.807) is 0 Å². The van der Waals surface area contributed by atoms with E-state index in [0.717, 1.165) is 29.0 Å². The number of nitrogen functional groups attached to an aromatic ring is 1. The molecule has 2 aromatic rings. The maximum absolute atomic E-state index is 12.6. The second kappa shape index (κ2) is 18.8. The van der Waals surface area contributed by atoms with Gasteiger partial charge in [0.2, 0.25) is 11.8 Å². The molecule has 3 rings (SSSR count). The third-order valence-electron chi connectivity index (χ3n) is 7.06. The number of anilines is 1. The maximum atomic E-state index is 12.6. The first kappa shape index (κ1) is 45.4. The van der Waals surface area contributed by atoms with Crippen molar-refractivity contribution in [1.29, 1.82) is 0 Å². The number of carbonyl (C=O) groups excluding carboxylic acids is 3. The standard InChI is InChI=1S/C24H38N7O19P3S/c1-24(2,19(37)22(38)27-4-3-13(32)26-5-6-54-15(35)7-14(33)34)9-47-53(44,45)50-52(42,43)46-8-12-18(49-51(39,40)41)17(36)23(48-12)31-11-30-16-20(25)28-10-29-21(16)31/h10-12,17-19,23,36-37H,3-9H2,1-2H3,(H,26,32)(H,27,38)(H,33,34)(H,42,43)(H,44,45)(H2,25,28,29)(H2,39,40,41)/t12-,17?,18?,19+,23-/m0/s1. The fourth-order valence-electron chi connectivity index (χ4n) is 4.47. The number of phosphoric ester groups is 3. The summed E-state index contributed by atoms with van der Waals surface area (Å²) in [7, 11) is -16.4. The Kier molecular flexibility index (Phi) is 15.8. The SMILES string of the molecule is CC(C)(COP(=O)(O)OP(=O)(O)OC[C@@H]1O[C@H](n2cnc3c(N)ncnc32)C(O)C1OP(=O)(O)O)[C@H](O)C(=O)NCCC(=O)NCCSC(=O)CC(=O)O. The lowest BCUT2D eigenvalue weighted by atomic mass is 9.87. The van der Waals surface area contributed by atoms with Gasteiger partial charge in [-0.25, -0.2) is 28.6 Å². The Morgan fingerprint density at radius 3 is 2.37 bits per heavy atom. The lowest BCUT2D eigenvalue weighted by Gasteiger charge is -2.30. The van der Waals surface area contributed by atoms with Crippen molar-refractivity contribution in [1.82, 2.24) is 30.2 Å². The van der Waals surface area contributed by atoms with Crippen molar-refractivity contribution in [2.45, 2.75) is 57.3 Å². The molecule has 304 valence electrons. The van der Waals surface area contributed by atoms with Gasteiger partial charge in [0.15, 0.2) is 22.8 Å². The van der Waals surface area contributed by atoms with E-state index in [9.17, 15) is 62.7 Å². The van der Waals surface area contributed by atoms with Crippen LogP contribution < -0.4 is 16.4 Å². The van der Waals surface area contributed by atoms with Crippen molar-refractivity contribution in [3.8, 4) is 0 Å². The first-order chi connectivity index (χ1) is 24.9. The molecule has 0 radical (unpaired) electrons. The summed E-state index contributed by atoms with van der Waals surface area (Å²) >= 11 is 0.718. The quantitative estimate of drug-likeness (QED) is 0.0374. The largest absolute Gasteiger partial charge is 0.481 e. The molecule has 1 aliphatic heterocycles. The number of hydrogen-bond donors (Lipinski definition) is 10. The Morgan fingerprint density at radius 2 is 1.72 bits per heavy atom. The summed E-state index contributed by atoms with van der Waals surface area (Å²) in [5, 5.41) is 34.0. The lowest BCUT2D eigenvalue weighted by molar-refractivity contribution is -0.139. The molecule has 54 heavy (non-hydrogen) atoms. The van der Waals surface area contributed by atoms with Crippen LogP contribution >= 0.6 is 35.2 Å². The van der Waals surface area contributed by atoms with E-state index >= 15 is 0 Å². The number of fused-ring (bicyclic) bond motifs is 1. The molecule has 7 atom stereocenters. The normalized spacial score (nSPS) is 21.9. The summed E-state index contributed by atoms with van der Waals surface area (Å²) in [4.78, 5) is 97.0. The molecular weight excluding hydrogens is 815 g/mol. The molecule has 2 amide bonds. The highest BCUT2D eigenvalue weighted by Gasteiger charge is 2.50. The number of thioether (sulfide) groups is 1. The van der Waals surface area contributed by atoms with Crippen molar-refractivity contribution in [2.75, 3.05) is 37.8 Å². The van der Waals surface area contributed by atoms with Gasteiger partial charge in [0.05, 0.1) is 19.5 Å². The minimum atomic E-state index is -5.59. The second-order valence-electron chi connectivity index (χ2n) is 11.9. The fraction of sp³-hybridized carbons (Fsp3) is 0.625. The van der Waals surface area contributed by atoms with Crippen LogP contribution in [0.2, 0.25) is 0 Å². The molecule has 30 heteroatoms. The predicted octanol–water partition coefficient (Wildman–Crippen LogP) is -1.86. The van der Waals surface area contributed by atoms with Gasteiger partial charge in [-0.15, -0.1) is 0 Å². The van der Waals surface area contributed by atoms with Gasteiger partial charge in [-0.2, -0.15) is 4.31 Å². The molecule has 4 unspecified atom stereocenters. The smallest absolute Gasteiger partial charge is 0.481 e. The molecule has 1 fully saturated rings. The van der Waals surface area contributed by atoms with E-state index < -0.39 is 102 Å². The molecule has 26 nitrogen and oxygen atoms in total. The summed E-state index contributed by atoms with van der Waals surface area (Å²) < 4.78 is 61.8. The van der Waals surface area contributed by atoms with Gasteiger partial charge < -0.3 is 56.0 Å². The van der Waals surface area contributed by atoms with E-state index in [1.807, 2.05) is 0 Å². The average Bonchev–Trinajstić information content (AvgIpc) is 3.60. The fourth-order valence-corrected chi connectivity index (χ4v) is 7.96. The number of aliphatic hydroxyl groups is 2. The van der Waals surface area contributed by atoms with E-state index in [1.165, 1.54) is 13.8 Å². The number of amides is 2. The molecule has 0 bridgehead atoms. The van der Waals surface area contributed by atoms with Crippen LogP contribution in [0.4, 0.5) is 5.82 Å². The van der Waals surface area contributed by atoms with Crippen LogP contribution in [0.5, 0.6) is 0 Å². The minimum Gasteiger partial charge on any atom is -0.481 e. The van der Waals surface area contributed by atoms with Crippen LogP contribution in [0, 0.1) is 5.41 Å². The van der Waals surface area contributed by atoms with Gasteiger partial charge in [0, 0.05) is 30.7 Å². The first-order valence-electron chi connectivity index (χ1n) is 15.2. The number of nitrogens with zero attached hydrogens (tertiary/aromatic N) is 4. The van der Waals surface area contributed by atoms with Crippen LogP contribution in [0.25, 0.3) is 11.2 Å². The molecule has 0 aliphatic carbocycles. The number of hydrogen-bond acceptors (Lipinski definition) is 19. The number of rotatable bonds is 21. The Hall–Kier alpha value is -2.97. The van der Waals surface area contributed by atoms with E-state index in [2.05, 4.69) is 34.4 Å². The van der Waals surface area contributed by atoms with Crippen molar-refractivity contribution >= 4 is 75.1 Å². The van der Waals surface area contributed by atoms with Crippen molar-refractivity contribution in [3.05, 3.63) is 12.7 Å². The van der Waals surface area contributed by atoms with Crippen LogP contribution in [0.15, 0.2) is 12.7 Å². The summed E-state index contributed by atoms with van der Waals surface area (Å²) in [5.41, 5.74) is 4.19. The molecule has 2 aromatic heterocycles. The summed E-state index contributed by atoms with van der Waals surface area (Å²) in [5.74, 6) is -2.80. The highest BCUT2D eigenvalue weighted by atomic mass is 32.2. The van der Waals surface area contributed by atoms with E-state index in [4.69, 9.17) is 24.6 Å². The lowest BCUT2D eigenvalue weighted by Crippen LogP contribution is -2.46. The molecule has 0 saturated carbocycles. The molecule has 0 aromatic carbocycles. The number of aliphatic carboxylic acids is 1. The number of phosphoric acid groups is 3. The average molecular weight is 854 g/mol. The zero-order valence-electron chi connectivity index (χ0n) is 28.1. The number of carboxylic acid groups (broad SMARTS) is 1. The Labute approximate surface area is 308 Å². The van der Waals surface area contributed by atoms with Gasteiger partial charge in [-0.3, -0.25) is 37.3 Å². The minimum absolute atomic E-state index is 0.0185. The van der Waals surface area contributed by atoms with Gasteiger partial charge in [-0.1, -0.05) is 25.6 Å². The zero-order chi connectivity index (χ0) is 40.6. The third kappa shape index (κ3) is 13.6. The highest BCUT2D eigenvalue weighted by Crippen LogP contribution is 2.61. The van der Waals surface area contributed by atoms with E-state index in [-0.39, 0.29) is 42.2 Å². The van der Waals surface area contributed by atoms with Crippen molar-refractivity contribution in [3.63, 3.8) is 0 Å². The summed E-state index contributed by atoms with van der Waals surface area (Å²) in [6.45, 7) is 0.132. The molecule has 3 heterocycles. The third-order valence-corrected chi connectivity index (χ3v) is 11.0. The van der Waals surface area contributed by atoms with Crippen LogP contribution in [0.1, 0.15) is 32.9 Å². The Morgan fingerprint density at radius 1 is 1.06 bits per heavy atom. The number of carbonyl (C=O) groups is 4. The number of aliphatic hydroxyl groups excluding tert-OH is 2. The molecule has 11 N–H and O–H groups in total. The predicted molar refractivity (Wildman–Crippen MR) is 179 cm³/mol. The van der Waals surface area contributed by atoms with Gasteiger partial charge in [0.25, 0.3) is 0 Å². The summed E-state index contributed by atoms with van der Waals surface area (Å²) in [6.07, 6.45) is -7.78. The second-order valence-corrected chi connectivity index (χ2v) is 17.2. The number of nitrogens with two attached hydrogens (primary N) is 1. The van der Waals surface area contributed by atoms with Gasteiger partial charge in [0.1, 0.15) is 42.7 Å². The molecule has 1 saturated heterocycles. The Balaban J connectivity index is 1.51. The first-order valence-corrected chi connectivity index (χ1v) is 20.7. The van der Waals surface area contributed by atoms with Crippen molar-refractivity contribution < 1.29 is 90.4 Å². The number of imidazole rings is 1. The number of nitrogens with one attached hydrogen (secondary N) is 2. The zero-order valence-corrected chi connectivity index (χ0v) is 31.6. The number of ether oxygens (including phenoxy) is 1. The van der Waals surface area contributed by atoms with Gasteiger partial charge in [-0.05, 0) is 0 Å². The monoisotopic (exact) mass is 853 g/mol. The van der Waals surface area contributed by atoms with Gasteiger partial charge >= 0.3 is 29.4 Å². The number of aromatic nitrogens is 4. The van der Waals surface area contributed by atoms with Crippen LogP contribution in [0.3, 0.4) is 0 Å². The van der Waals surface area contributed by atoms with Crippen LogP contribution in [-0.4, -0.2) is 134 Å². The molecule has 0 spiro atoms. The van der Waals surface area contributed by atoms with Crippen molar-refractivity contribution in [2.24, 2.45) is 5.41 Å². The topological polar surface area (TPSA) is 401 Å². The summed E-state index contributed by atoms with van der Waals surface area (Å²) in [6, 6.07) is 0. The molecule has 1 aliphatic rings. The maximum Gasteiger partial charge on any atom is 0.481 e. The highest BCUT2D eigenvalue weighted by molar-refractivity contribution is 8.13.